The lowest BCUT2D eigenvalue weighted by Gasteiger charge is -2.31. The van der Waals surface area contributed by atoms with Gasteiger partial charge in [-0.05, 0) is 55.3 Å². The quantitative estimate of drug-likeness (QED) is 0.870. The first-order valence-electron chi connectivity index (χ1n) is 8.05. The first kappa shape index (κ1) is 16.0. The average Bonchev–Trinajstić information content (AvgIpc) is 2.42. The molecule has 1 saturated heterocycles. The molecule has 0 atom stereocenters. The highest BCUT2D eigenvalue weighted by Crippen LogP contribution is 2.22. The maximum atomic E-state index is 10.7. The highest BCUT2D eigenvalue weighted by atomic mass is 16.4. The van der Waals surface area contributed by atoms with Crippen LogP contribution >= 0.6 is 0 Å². The second-order valence-electron chi connectivity index (χ2n) is 6.73. The van der Waals surface area contributed by atoms with Gasteiger partial charge >= 0.3 is 5.97 Å². The van der Waals surface area contributed by atoms with Crippen LogP contribution < -0.4 is 0 Å². The molecule has 0 aromatic heterocycles. The van der Waals surface area contributed by atoms with Crippen molar-refractivity contribution in [3.63, 3.8) is 0 Å². The Kier molecular flexibility index (Phi) is 5.80. The normalized spacial score (nSPS) is 17.3. The van der Waals surface area contributed by atoms with Gasteiger partial charge in [-0.3, -0.25) is 9.69 Å². The fourth-order valence-corrected chi connectivity index (χ4v) is 3.11. The van der Waals surface area contributed by atoms with E-state index in [1.165, 1.54) is 11.1 Å². The third-order valence-corrected chi connectivity index (χ3v) is 4.24. The molecular weight excluding hydrogens is 262 g/mol. The van der Waals surface area contributed by atoms with E-state index in [2.05, 4.69) is 43.0 Å². The molecule has 0 bridgehead atoms. The Morgan fingerprint density at radius 2 is 1.76 bits per heavy atom. The summed E-state index contributed by atoms with van der Waals surface area (Å²) >= 11 is 0. The van der Waals surface area contributed by atoms with Gasteiger partial charge in [0.1, 0.15) is 0 Å². The summed E-state index contributed by atoms with van der Waals surface area (Å²) in [7, 11) is 0. The van der Waals surface area contributed by atoms with Crippen molar-refractivity contribution in [3.8, 4) is 0 Å². The van der Waals surface area contributed by atoms with E-state index >= 15 is 0 Å². The molecule has 1 aromatic rings. The molecule has 116 valence electrons. The zero-order chi connectivity index (χ0) is 15.2. The van der Waals surface area contributed by atoms with Crippen LogP contribution in [-0.4, -0.2) is 29.1 Å². The number of aliphatic carboxylic acids is 1. The van der Waals surface area contributed by atoms with Crippen LogP contribution in [0.15, 0.2) is 24.3 Å². The largest absolute Gasteiger partial charge is 0.481 e. The molecular formula is C18H27NO2. The van der Waals surface area contributed by atoms with Crippen LogP contribution in [-0.2, 0) is 17.8 Å². The lowest BCUT2D eigenvalue weighted by molar-refractivity contribution is -0.138. The van der Waals surface area contributed by atoms with Crippen LogP contribution in [0.4, 0.5) is 0 Å². The zero-order valence-corrected chi connectivity index (χ0v) is 13.2. The van der Waals surface area contributed by atoms with E-state index in [1.807, 2.05) is 0 Å². The molecule has 3 nitrogen and oxygen atoms in total. The van der Waals surface area contributed by atoms with E-state index in [-0.39, 0.29) is 0 Å². The smallest absolute Gasteiger partial charge is 0.303 e. The Morgan fingerprint density at radius 3 is 2.29 bits per heavy atom. The fourth-order valence-electron chi connectivity index (χ4n) is 3.11. The van der Waals surface area contributed by atoms with E-state index in [0.29, 0.717) is 18.3 Å². The number of rotatable bonds is 6. The third-order valence-electron chi connectivity index (χ3n) is 4.24. The van der Waals surface area contributed by atoms with Gasteiger partial charge in [0.25, 0.3) is 0 Å². The highest BCUT2D eigenvalue weighted by Gasteiger charge is 2.21. The lowest BCUT2D eigenvalue weighted by atomic mass is 9.93. The predicted molar refractivity (Wildman–Crippen MR) is 85.2 cm³/mol. The number of benzene rings is 1. The summed E-state index contributed by atoms with van der Waals surface area (Å²) in [6.07, 6.45) is 3.49. The molecule has 0 unspecified atom stereocenters. The number of hydrogen-bond acceptors (Lipinski definition) is 2. The summed E-state index contributed by atoms with van der Waals surface area (Å²) in [4.78, 5) is 13.2. The molecule has 0 radical (unpaired) electrons. The average molecular weight is 289 g/mol. The van der Waals surface area contributed by atoms with Crippen LogP contribution in [0.5, 0.6) is 0 Å². The second-order valence-corrected chi connectivity index (χ2v) is 6.73. The summed E-state index contributed by atoms with van der Waals surface area (Å²) in [5.74, 6) is 0.408. The van der Waals surface area contributed by atoms with Crippen LogP contribution in [0.2, 0.25) is 0 Å². The molecule has 0 spiro atoms. The summed E-state index contributed by atoms with van der Waals surface area (Å²) in [5, 5.41) is 8.84. The van der Waals surface area contributed by atoms with Gasteiger partial charge in [0.2, 0.25) is 0 Å². The molecule has 1 fully saturated rings. The molecule has 0 amide bonds. The second kappa shape index (κ2) is 7.60. The Morgan fingerprint density at radius 1 is 1.19 bits per heavy atom. The molecule has 1 aromatic carbocycles. The van der Waals surface area contributed by atoms with Crippen LogP contribution in [0.25, 0.3) is 0 Å². The molecule has 0 saturated carbocycles. The van der Waals surface area contributed by atoms with Gasteiger partial charge < -0.3 is 5.11 Å². The van der Waals surface area contributed by atoms with E-state index in [4.69, 9.17) is 5.11 Å². The minimum atomic E-state index is -0.658. The van der Waals surface area contributed by atoms with Crippen molar-refractivity contribution in [3.05, 3.63) is 35.4 Å². The number of carboxylic acids is 1. The van der Waals surface area contributed by atoms with Gasteiger partial charge in [-0.1, -0.05) is 38.1 Å². The molecule has 3 heteroatoms. The standard InChI is InChI=1S/C18H27NO2/c1-14(2)11-15-3-5-17(6-4-15)13-19-9-7-16(8-10-19)12-18(20)21/h3-6,14,16H,7-13H2,1-2H3,(H,20,21). The number of carbonyl (C=O) groups is 1. The minimum Gasteiger partial charge on any atom is -0.481 e. The Labute approximate surface area is 128 Å². The monoisotopic (exact) mass is 289 g/mol. The third kappa shape index (κ3) is 5.50. The number of likely N-dealkylation sites (tertiary alicyclic amines) is 1. The molecule has 1 N–H and O–H groups in total. The number of piperidine rings is 1. The first-order chi connectivity index (χ1) is 10.0. The Balaban J connectivity index is 1.79. The zero-order valence-electron chi connectivity index (χ0n) is 13.2. The topological polar surface area (TPSA) is 40.5 Å². The lowest BCUT2D eigenvalue weighted by Crippen LogP contribution is -2.33. The molecule has 1 aliphatic heterocycles. The van der Waals surface area contributed by atoms with Gasteiger partial charge in [-0.15, -0.1) is 0 Å². The van der Waals surface area contributed by atoms with Gasteiger partial charge in [0, 0.05) is 13.0 Å². The van der Waals surface area contributed by atoms with Crippen molar-refractivity contribution in [1.29, 1.82) is 0 Å². The van der Waals surface area contributed by atoms with Crippen LogP contribution in [0, 0.1) is 11.8 Å². The molecule has 1 heterocycles. The van der Waals surface area contributed by atoms with Crippen molar-refractivity contribution in [2.45, 2.75) is 46.1 Å². The van der Waals surface area contributed by atoms with Gasteiger partial charge in [-0.2, -0.15) is 0 Å². The Bertz CT molecular complexity index is 445. The van der Waals surface area contributed by atoms with Crippen molar-refractivity contribution in [2.75, 3.05) is 13.1 Å². The van der Waals surface area contributed by atoms with Crippen molar-refractivity contribution in [1.82, 2.24) is 4.90 Å². The minimum absolute atomic E-state index is 0.331. The summed E-state index contributed by atoms with van der Waals surface area (Å²) in [6, 6.07) is 8.96. The van der Waals surface area contributed by atoms with Crippen molar-refractivity contribution >= 4 is 5.97 Å². The van der Waals surface area contributed by atoms with Crippen molar-refractivity contribution < 1.29 is 9.90 Å². The van der Waals surface area contributed by atoms with Gasteiger partial charge in [0.05, 0.1) is 0 Å². The van der Waals surface area contributed by atoms with E-state index in [1.54, 1.807) is 0 Å². The number of nitrogens with zero attached hydrogens (tertiary/aromatic N) is 1. The molecule has 1 aliphatic rings. The fraction of sp³-hybridized carbons (Fsp3) is 0.611. The maximum Gasteiger partial charge on any atom is 0.303 e. The summed E-state index contributed by atoms with van der Waals surface area (Å²) in [6.45, 7) is 7.52. The van der Waals surface area contributed by atoms with Gasteiger partial charge in [-0.25, -0.2) is 0 Å². The number of carboxylic acid groups (broad SMARTS) is 1. The molecule has 0 aliphatic carbocycles. The highest BCUT2D eigenvalue weighted by molar-refractivity contribution is 5.67. The number of hydrogen-bond donors (Lipinski definition) is 1. The maximum absolute atomic E-state index is 10.7. The van der Waals surface area contributed by atoms with Gasteiger partial charge in [0.15, 0.2) is 0 Å². The summed E-state index contributed by atoms with van der Waals surface area (Å²) in [5.41, 5.74) is 2.77. The first-order valence-corrected chi connectivity index (χ1v) is 8.05. The van der Waals surface area contributed by atoms with Crippen molar-refractivity contribution in [2.24, 2.45) is 11.8 Å². The van der Waals surface area contributed by atoms with Crippen LogP contribution in [0.1, 0.15) is 44.2 Å². The van der Waals surface area contributed by atoms with E-state index in [0.717, 1.165) is 38.9 Å². The Hall–Kier alpha value is -1.35. The predicted octanol–water partition coefficient (Wildman–Crippen LogP) is 3.57. The SMILES string of the molecule is CC(C)Cc1ccc(CN2CCC(CC(=O)O)CC2)cc1. The molecule has 21 heavy (non-hydrogen) atoms. The summed E-state index contributed by atoms with van der Waals surface area (Å²) < 4.78 is 0. The molecule has 2 rings (SSSR count). The van der Waals surface area contributed by atoms with Crippen LogP contribution in [0.3, 0.4) is 0 Å². The van der Waals surface area contributed by atoms with E-state index < -0.39 is 5.97 Å². The van der Waals surface area contributed by atoms with E-state index in [9.17, 15) is 4.79 Å².